The molecular weight excluding hydrogens is 264 g/mol. The number of halogens is 2. The van der Waals surface area contributed by atoms with Crippen molar-refractivity contribution in [3.8, 4) is 0 Å². The minimum Gasteiger partial charge on any atom is -0.386 e. The van der Waals surface area contributed by atoms with E-state index in [0.29, 0.717) is 6.07 Å². The van der Waals surface area contributed by atoms with Crippen molar-refractivity contribution < 1.29 is 17.2 Å². The van der Waals surface area contributed by atoms with Crippen molar-refractivity contribution in [3.05, 3.63) is 29.8 Å². The summed E-state index contributed by atoms with van der Waals surface area (Å²) in [5.74, 6) is -2.73. The SMILES string of the molecule is CCC(NS(=O)(=O)c1ccc(F)c(F)c1)C(=N)N. The number of sulfonamides is 1. The van der Waals surface area contributed by atoms with Crippen LogP contribution in [0.3, 0.4) is 0 Å². The fourth-order valence-corrected chi connectivity index (χ4v) is 2.58. The standard InChI is InChI=1S/C10H13F2N3O2S/c1-2-9(10(13)14)15-18(16,17)6-3-4-7(11)8(12)5-6/h3-5,9,15H,2H2,1H3,(H3,13,14). The topological polar surface area (TPSA) is 96.0 Å². The Labute approximate surface area is 104 Å². The summed E-state index contributed by atoms with van der Waals surface area (Å²) in [6.07, 6.45) is 0.276. The average molecular weight is 277 g/mol. The molecule has 100 valence electrons. The van der Waals surface area contributed by atoms with Crippen molar-refractivity contribution in [3.63, 3.8) is 0 Å². The molecule has 0 radical (unpaired) electrons. The van der Waals surface area contributed by atoms with Crippen molar-refractivity contribution in [2.24, 2.45) is 5.73 Å². The first kappa shape index (κ1) is 14.5. The summed E-state index contributed by atoms with van der Waals surface area (Å²) in [4.78, 5) is -0.416. The van der Waals surface area contributed by atoms with E-state index < -0.39 is 32.6 Å². The van der Waals surface area contributed by atoms with Gasteiger partial charge in [-0.1, -0.05) is 6.92 Å². The zero-order valence-electron chi connectivity index (χ0n) is 9.57. The molecule has 0 heterocycles. The van der Waals surface area contributed by atoms with Gasteiger partial charge in [0.05, 0.1) is 10.9 Å². The van der Waals surface area contributed by atoms with Crippen LogP contribution >= 0.6 is 0 Å². The van der Waals surface area contributed by atoms with Crippen LogP contribution in [0.2, 0.25) is 0 Å². The lowest BCUT2D eigenvalue weighted by molar-refractivity contribution is 0.504. The second-order valence-corrected chi connectivity index (χ2v) is 5.33. The van der Waals surface area contributed by atoms with Gasteiger partial charge < -0.3 is 5.73 Å². The fraction of sp³-hybridized carbons (Fsp3) is 0.300. The summed E-state index contributed by atoms with van der Waals surface area (Å²) in [7, 11) is -4.03. The third-order valence-electron chi connectivity index (χ3n) is 2.28. The van der Waals surface area contributed by atoms with Crippen LogP contribution in [0.15, 0.2) is 23.1 Å². The monoisotopic (exact) mass is 277 g/mol. The lowest BCUT2D eigenvalue weighted by atomic mass is 10.2. The van der Waals surface area contributed by atoms with Crippen LogP contribution in [-0.2, 0) is 10.0 Å². The molecule has 0 spiro atoms. The van der Waals surface area contributed by atoms with E-state index in [4.69, 9.17) is 11.1 Å². The second kappa shape index (κ2) is 5.40. The molecule has 0 amide bonds. The number of benzene rings is 1. The lowest BCUT2D eigenvalue weighted by Gasteiger charge is -2.15. The third kappa shape index (κ3) is 3.23. The van der Waals surface area contributed by atoms with E-state index in [-0.39, 0.29) is 12.3 Å². The zero-order chi connectivity index (χ0) is 13.9. The molecule has 4 N–H and O–H groups in total. The van der Waals surface area contributed by atoms with Gasteiger partial charge >= 0.3 is 0 Å². The molecule has 0 aliphatic heterocycles. The highest BCUT2D eigenvalue weighted by atomic mass is 32.2. The Morgan fingerprint density at radius 1 is 1.44 bits per heavy atom. The molecule has 0 aliphatic rings. The molecule has 0 saturated carbocycles. The zero-order valence-corrected chi connectivity index (χ0v) is 10.4. The van der Waals surface area contributed by atoms with Gasteiger partial charge in [-0.05, 0) is 24.6 Å². The molecule has 8 heteroatoms. The Bertz CT molecular complexity index is 560. The number of nitrogens with two attached hydrogens (primary N) is 1. The van der Waals surface area contributed by atoms with Crippen LogP contribution in [0.5, 0.6) is 0 Å². The highest BCUT2D eigenvalue weighted by molar-refractivity contribution is 7.89. The minimum atomic E-state index is -4.03. The van der Waals surface area contributed by atoms with Crippen LogP contribution in [-0.4, -0.2) is 20.3 Å². The Morgan fingerprint density at radius 2 is 2.06 bits per heavy atom. The Kier molecular flexibility index (Phi) is 4.36. The summed E-state index contributed by atoms with van der Waals surface area (Å²) in [5.41, 5.74) is 5.21. The largest absolute Gasteiger partial charge is 0.386 e. The molecule has 1 atom stereocenters. The fourth-order valence-electron chi connectivity index (χ4n) is 1.27. The molecule has 0 fully saturated rings. The molecule has 0 aromatic heterocycles. The van der Waals surface area contributed by atoms with Gasteiger partial charge in [-0.3, -0.25) is 5.41 Å². The van der Waals surface area contributed by atoms with Gasteiger partial charge in [0.1, 0.15) is 5.84 Å². The number of amidine groups is 1. The van der Waals surface area contributed by atoms with Gasteiger partial charge in [-0.25, -0.2) is 21.9 Å². The van der Waals surface area contributed by atoms with Gasteiger partial charge in [0, 0.05) is 0 Å². The second-order valence-electron chi connectivity index (χ2n) is 3.61. The maximum absolute atomic E-state index is 13.0. The Balaban J connectivity index is 3.06. The number of hydrogen-bond donors (Lipinski definition) is 3. The van der Waals surface area contributed by atoms with E-state index in [9.17, 15) is 17.2 Å². The van der Waals surface area contributed by atoms with Crippen LogP contribution in [0, 0.1) is 17.0 Å². The molecule has 1 aromatic carbocycles. The van der Waals surface area contributed by atoms with E-state index in [0.717, 1.165) is 12.1 Å². The van der Waals surface area contributed by atoms with Crippen molar-refractivity contribution in [2.45, 2.75) is 24.3 Å². The molecule has 0 bridgehead atoms. The van der Waals surface area contributed by atoms with Crippen molar-refractivity contribution >= 4 is 15.9 Å². The molecule has 0 saturated heterocycles. The maximum Gasteiger partial charge on any atom is 0.241 e. The van der Waals surface area contributed by atoms with Crippen molar-refractivity contribution in [2.75, 3.05) is 0 Å². The van der Waals surface area contributed by atoms with Crippen LogP contribution in [0.4, 0.5) is 8.78 Å². The summed E-state index contributed by atoms with van der Waals surface area (Å²) in [5, 5.41) is 7.19. The van der Waals surface area contributed by atoms with E-state index in [1.165, 1.54) is 0 Å². The van der Waals surface area contributed by atoms with Gasteiger partial charge in [-0.2, -0.15) is 0 Å². The maximum atomic E-state index is 13.0. The molecular formula is C10H13F2N3O2S. The van der Waals surface area contributed by atoms with Crippen molar-refractivity contribution in [1.82, 2.24) is 4.72 Å². The van der Waals surface area contributed by atoms with Crippen molar-refractivity contribution in [1.29, 1.82) is 5.41 Å². The number of rotatable bonds is 5. The smallest absolute Gasteiger partial charge is 0.241 e. The van der Waals surface area contributed by atoms with Gasteiger partial charge in [0.15, 0.2) is 11.6 Å². The van der Waals surface area contributed by atoms with Gasteiger partial charge in [-0.15, -0.1) is 0 Å². The van der Waals surface area contributed by atoms with E-state index in [1.54, 1.807) is 6.92 Å². The van der Waals surface area contributed by atoms with Crippen LogP contribution in [0.1, 0.15) is 13.3 Å². The Hall–Kier alpha value is -1.54. The van der Waals surface area contributed by atoms with E-state index in [1.807, 2.05) is 0 Å². The first-order valence-electron chi connectivity index (χ1n) is 5.09. The first-order chi connectivity index (χ1) is 8.27. The first-order valence-corrected chi connectivity index (χ1v) is 6.57. The summed E-state index contributed by atoms with van der Waals surface area (Å²) in [6, 6.07) is 1.36. The predicted molar refractivity (Wildman–Crippen MR) is 62.7 cm³/mol. The van der Waals surface area contributed by atoms with Crippen LogP contribution in [0.25, 0.3) is 0 Å². The Morgan fingerprint density at radius 3 is 2.50 bits per heavy atom. The number of hydrogen-bond acceptors (Lipinski definition) is 3. The van der Waals surface area contributed by atoms with E-state index >= 15 is 0 Å². The third-order valence-corrected chi connectivity index (χ3v) is 3.75. The van der Waals surface area contributed by atoms with E-state index in [2.05, 4.69) is 4.72 Å². The molecule has 1 rings (SSSR count). The molecule has 18 heavy (non-hydrogen) atoms. The van der Waals surface area contributed by atoms with Gasteiger partial charge in [0.2, 0.25) is 10.0 Å². The molecule has 5 nitrogen and oxygen atoms in total. The van der Waals surface area contributed by atoms with Gasteiger partial charge in [0.25, 0.3) is 0 Å². The quantitative estimate of drug-likeness (QED) is 0.552. The molecule has 0 aliphatic carbocycles. The highest BCUT2D eigenvalue weighted by Gasteiger charge is 2.21. The molecule has 1 unspecified atom stereocenters. The summed E-state index contributed by atoms with van der Waals surface area (Å²) in [6.45, 7) is 1.64. The molecule has 1 aromatic rings. The average Bonchev–Trinajstić information content (AvgIpc) is 2.29. The minimum absolute atomic E-state index is 0.276. The summed E-state index contributed by atoms with van der Waals surface area (Å²) < 4.78 is 51.4. The highest BCUT2D eigenvalue weighted by Crippen LogP contribution is 2.14. The normalized spacial score (nSPS) is 13.3. The summed E-state index contributed by atoms with van der Waals surface area (Å²) >= 11 is 0. The predicted octanol–water partition coefficient (Wildman–Crippen LogP) is 0.958. The lowest BCUT2D eigenvalue weighted by Crippen LogP contribution is -2.43. The number of nitrogens with one attached hydrogen (secondary N) is 2. The van der Waals surface area contributed by atoms with Crippen LogP contribution < -0.4 is 10.5 Å².